The Labute approximate surface area is 152 Å². The van der Waals surface area contributed by atoms with Gasteiger partial charge >= 0.3 is 6.09 Å². The molecule has 2 saturated carbocycles. The number of alkyl carbamates (subject to hydrolysis) is 1. The summed E-state index contributed by atoms with van der Waals surface area (Å²) in [4.78, 5) is 11.4. The van der Waals surface area contributed by atoms with Crippen molar-refractivity contribution in [2.75, 3.05) is 13.1 Å². The minimum absolute atomic E-state index is 0.0344. The minimum Gasteiger partial charge on any atom is -0.444 e. The van der Waals surface area contributed by atoms with Crippen LogP contribution in [0.2, 0.25) is 0 Å². The monoisotopic (exact) mass is 358 g/mol. The number of ether oxygens (including phenoxy) is 1. The highest BCUT2D eigenvalue weighted by Gasteiger charge is 2.21. The third kappa shape index (κ3) is 10.7. The van der Waals surface area contributed by atoms with Gasteiger partial charge in [-0.15, -0.1) is 0 Å². The van der Waals surface area contributed by atoms with Crippen LogP contribution in [0, 0.1) is 11.8 Å². The molecule has 2 rings (SSSR count). The predicted molar refractivity (Wildman–Crippen MR) is 99.2 cm³/mol. The van der Waals surface area contributed by atoms with Crippen LogP contribution in [0.5, 0.6) is 0 Å². The van der Waals surface area contributed by atoms with Crippen LogP contribution in [0.4, 0.5) is 4.79 Å². The fourth-order valence-corrected chi connectivity index (χ4v) is 3.27. The minimum atomic E-state index is -0.438. The van der Waals surface area contributed by atoms with E-state index in [1.165, 1.54) is 0 Å². The van der Waals surface area contributed by atoms with Gasteiger partial charge < -0.3 is 26.0 Å². The van der Waals surface area contributed by atoms with Gasteiger partial charge in [-0.1, -0.05) is 0 Å². The molecule has 1 amide bonds. The molecule has 6 nitrogen and oxygen atoms in total. The quantitative estimate of drug-likeness (QED) is 0.620. The number of aliphatic hydroxyl groups is 2. The second kappa shape index (κ2) is 11.0. The molecule has 0 aromatic carbocycles. The maximum absolute atomic E-state index is 11.4. The highest BCUT2D eigenvalue weighted by Crippen LogP contribution is 2.23. The van der Waals surface area contributed by atoms with E-state index in [-0.39, 0.29) is 18.3 Å². The van der Waals surface area contributed by atoms with Crippen molar-refractivity contribution in [2.24, 2.45) is 17.6 Å². The molecule has 0 saturated heterocycles. The molecule has 0 aromatic heterocycles. The molecule has 2 aliphatic carbocycles. The summed E-state index contributed by atoms with van der Waals surface area (Å²) in [7, 11) is 0. The number of rotatable bonds is 3. The molecule has 0 heterocycles. The van der Waals surface area contributed by atoms with Crippen molar-refractivity contribution in [1.82, 2.24) is 5.32 Å². The average molecular weight is 359 g/mol. The van der Waals surface area contributed by atoms with Gasteiger partial charge in [0.05, 0.1) is 12.2 Å². The smallest absolute Gasteiger partial charge is 0.407 e. The first-order valence-corrected chi connectivity index (χ1v) is 9.72. The van der Waals surface area contributed by atoms with Crippen LogP contribution in [0.25, 0.3) is 0 Å². The fraction of sp³-hybridized carbons (Fsp3) is 0.947. The van der Waals surface area contributed by atoms with E-state index in [2.05, 4.69) is 5.32 Å². The molecule has 25 heavy (non-hydrogen) atoms. The Morgan fingerprint density at radius 3 is 1.80 bits per heavy atom. The van der Waals surface area contributed by atoms with Crippen molar-refractivity contribution < 1.29 is 19.7 Å². The topological polar surface area (TPSA) is 105 Å². The lowest BCUT2D eigenvalue weighted by Gasteiger charge is -2.26. The van der Waals surface area contributed by atoms with E-state index in [1.807, 2.05) is 20.8 Å². The van der Waals surface area contributed by atoms with E-state index in [1.54, 1.807) is 0 Å². The number of hydrogen-bond acceptors (Lipinski definition) is 5. The zero-order valence-electron chi connectivity index (χ0n) is 16.2. The number of hydrogen-bond donors (Lipinski definition) is 4. The SMILES string of the molecule is CC(C)(C)OC(=O)NCC1CCC(O)CC1.NCC1CCC(O)CC1. The molecule has 0 bridgehead atoms. The third-order valence-corrected chi connectivity index (χ3v) is 4.90. The highest BCUT2D eigenvalue weighted by molar-refractivity contribution is 5.67. The summed E-state index contributed by atoms with van der Waals surface area (Å²) < 4.78 is 5.15. The molecule has 2 fully saturated rings. The van der Waals surface area contributed by atoms with Gasteiger partial charge in [-0.2, -0.15) is 0 Å². The summed E-state index contributed by atoms with van der Waals surface area (Å²) in [6.45, 7) is 7.00. The van der Waals surface area contributed by atoms with Crippen molar-refractivity contribution in [2.45, 2.75) is 89.9 Å². The Kier molecular flexibility index (Phi) is 9.75. The number of nitrogens with two attached hydrogens (primary N) is 1. The second-order valence-electron chi connectivity index (χ2n) is 8.47. The normalized spacial score (nSPS) is 30.0. The maximum atomic E-state index is 11.4. The summed E-state index contributed by atoms with van der Waals surface area (Å²) in [5, 5.41) is 21.2. The number of carbonyl (C=O) groups excluding carboxylic acids is 1. The summed E-state index contributed by atoms with van der Waals surface area (Å²) in [6.07, 6.45) is 7.30. The number of nitrogens with one attached hydrogen (secondary N) is 1. The zero-order chi connectivity index (χ0) is 18.9. The van der Waals surface area contributed by atoms with E-state index in [0.717, 1.165) is 57.9 Å². The van der Waals surface area contributed by atoms with Gasteiger partial charge in [0.2, 0.25) is 0 Å². The molecule has 0 aromatic rings. The van der Waals surface area contributed by atoms with Gasteiger partial charge in [0.25, 0.3) is 0 Å². The molecule has 148 valence electrons. The van der Waals surface area contributed by atoms with E-state index < -0.39 is 5.60 Å². The Morgan fingerprint density at radius 1 is 0.960 bits per heavy atom. The van der Waals surface area contributed by atoms with Crippen molar-refractivity contribution in [3.8, 4) is 0 Å². The molecule has 0 radical (unpaired) electrons. The molecular weight excluding hydrogens is 320 g/mol. The van der Waals surface area contributed by atoms with Gasteiger partial charge in [0.15, 0.2) is 0 Å². The van der Waals surface area contributed by atoms with Gasteiger partial charge in [-0.25, -0.2) is 4.79 Å². The number of carbonyl (C=O) groups is 1. The Balaban J connectivity index is 0.000000293. The van der Waals surface area contributed by atoms with E-state index in [0.29, 0.717) is 18.4 Å². The molecule has 6 heteroatoms. The number of amides is 1. The van der Waals surface area contributed by atoms with Crippen molar-refractivity contribution in [1.29, 1.82) is 0 Å². The Hall–Kier alpha value is -0.850. The van der Waals surface area contributed by atoms with Crippen LogP contribution >= 0.6 is 0 Å². The zero-order valence-corrected chi connectivity index (χ0v) is 16.2. The summed E-state index contributed by atoms with van der Waals surface area (Å²) in [5.41, 5.74) is 5.03. The third-order valence-electron chi connectivity index (χ3n) is 4.90. The van der Waals surface area contributed by atoms with Gasteiger partial charge in [-0.3, -0.25) is 0 Å². The summed E-state index contributed by atoms with van der Waals surface area (Å²) >= 11 is 0. The number of aliphatic hydroxyl groups excluding tert-OH is 2. The van der Waals surface area contributed by atoms with E-state index in [9.17, 15) is 9.90 Å². The van der Waals surface area contributed by atoms with Crippen molar-refractivity contribution in [3.63, 3.8) is 0 Å². The Bertz CT molecular complexity index is 368. The molecule has 5 N–H and O–H groups in total. The highest BCUT2D eigenvalue weighted by atomic mass is 16.6. The lowest BCUT2D eigenvalue weighted by atomic mass is 9.87. The van der Waals surface area contributed by atoms with Crippen LogP contribution in [-0.4, -0.2) is 47.2 Å². The second-order valence-corrected chi connectivity index (χ2v) is 8.47. The molecule has 2 aliphatic rings. The molecule has 0 aliphatic heterocycles. The van der Waals surface area contributed by atoms with Gasteiger partial charge in [0.1, 0.15) is 5.60 Å². The summed E-state index contributed by atoms with van der Waals surface area (Å²) in [6, 6.07) is 0. The van der Waals surface area contributed by atoms with Gasteiger partial charge in [-0.05, 0) is 90.5 Å². The lowest BCUT2D eigenvalue weighted by molar-refractivity contribution is 0.0504. The van der Waals surface area contributed by atoms with Crippen molar-refractivity contribution in [3.05, 3.63) is 0 Å². The molecular formula is C19H38N2O4. The molecule has 0 atom stereocenters. The average Bonchev–Trinajstić information content (AvgIpc) is 2.54. The first-order valence-electron chi connectivity index (χ1n) is 9.72. The van der Waals surface area contributed by atoms with Crippen LogP contribution in [0.15, 0.2) is 0 Å². The van der Waals surface area contributed by atoms with Crippen LogP contribution in [0.1, 0.15) is 72.1 Å². The molecule has 0 spiro atoms. The van der Waals surface area contributed by atoms with E-state index in [4.69, 9.17) is 15.6 Å². The molecule has 0 unspecified atom stereocenters. The largest absolute Gasteiger partial charge is 0.444 e. The van der Waals surface area contributed by atoms with Gasteiger partial charge in [0, 0.05) is 6.54 Å². The van der Waals surface area contributed by atoms with Crippen LogP contribution in [-0.2, 0) is 4.74 Å². The van der Waals surface area contributed by atoms with E-state index >= 15 is 0 Å². The first-order chi connectivity index (χ1) is 11.7. The Morgan fingerprint density at radius 2 is 1.40 bits per heavy atom. The van der Waals surface area contributed by atoms with Crippen molar-refractivity contribution >= 4 is 6.09 Å². The first kappa shape index (κ1) is 22.2. The van der Waals surface area contributed by atoms with Crippen LogP contribution in [0.3, 0.4) is 0 Å². The lowest BCUT2D eigenvalue weighted by Crippen LogP contribution is -2.36. The summed E-state index contributed by atoms with van der Waals surface area (Å²) in [5.74, 6) is 1.17. The maximum Gasteiger partial charge on any atom is 0.407 e. The predicted octanol–water partition coefficient (Wildman–Crippen LogP) is 2.56. The van der Waals surface area contributed by atoms with Crippen LogP contribution < -0.4 is 11.1 Å². The fourth-order valence-electron chi connectivity index (χ4n) is 3.27. The standard InChI is InChI=1S/C12H23NO3.C7H15NO/c1-12(2,3)16-11(15)13-8-9-4-6-10(14)7-5-9;8-5-6-1-3-7(9)4-2-6/h9-10,14H,4-8H2,1-3H3,(H,13,15);6-7,9H,1-5,8H2.